The van der Waals surface area contributed by atoms with Gasteiger partial charge in [0.2, 0.25) is 5.91 Å². The third-order valence-corrected chi connectivity index (χ3v) is 4.03. The maximum absolute atomic E-state index is 12.3. The summed E-state index contributed by atoms with van der Waals surface area (Å²) in [5.74, 6) is -1.07. The molecule has 138 valence electrons. The lowest BCUT2D eigenvalue weighted by Gasteiger charge is -2.13. The highest BCUT2D eigenvalue weighted by Crippen LogP contribution is 2.23. The zero-order valence-electron chi connectivity index (χ0n) is 14.7. The highest BCUT2D eigenvalue weighted by Gasteiger charge is 2.34. The molecule has 0 radical (unpaired) electrons. The van der Waals surface area contributed by atoms with Crippen LogP contribution in [-0.4, -0.2) is 35.1 Å². The summed E-state index contributed by atoms with van der Waals surface area (Å²) in [5.41, 5.74) is 1.30. The molecule has 7 heteroatoms. The van der Waals surface area contributed by atoms with Crippen molar-refractivity contribution in [2.24, 2.45) is 0 Å². The zero-order chi connectivity index (χ0) is 19.4. The lowest BCUT2D eigenvalue weighted by atomic mass is 10.1. The Kier molecular flexibility index (Phi) is 5.30. The van der Waals surface area contributed by atoms with Crippen molar-refractivity contribution in [3.63, 3.8) is 0 Å². The van der Waals surface area contributed by atoms with Crippen molar-refractivity contribution >= 4 is 29.4 Å². The van der Waals surface area contributed by atoms with E-state index in [-0.39, 0.29) is 30.7 Å². The van der Waals surface area contributed by atoms with Gasteiger partial charge in [0.1, 0.15) is 5.75 Å². The van der Waals surface area contributed by atoms with Gasteiger partial charge in [-0.15, -0.1) is 0 Å². The van der Waals surface area contributed by atoms with Crippen molar-refractivity contribution in [1.82, 2.24) is 4.90 Å². The molecular formula is C20H18N2O5. The average molecular weight is 366 g/mol. The first-order valence-electron chi connectivity index (χ1n) is 8.49. The van der Waals surface area contributed by atoms with Gasteiger partial charge in [0.05, 0.1) is 11.1 Å². The predicted octanol–water partition coefficient (Wildman–Crippen LogP) is 2.63. The maximum Gasteiger partial charge on any atom is 0.311 e. The SMILES string of the molecule is CC(=O)Nc1cccc(OC(=O)CCCN2C(=O)c3ccccc3C2=O)c1. The minimum absolute atomic E-state index is 0.0533. The van der Waals surface area contributed by atoms with E-state index in [1.807, 2.05) is 0 Å². The molecule has 1 N–H and O–H groups in total. The van der Waals surface area contributed by atoms with Crippen LogP contribution in [0.1, 0.15) is 40.5 Å². The second-order valence-corrected chi connectivity index (χ2v) is 6.09. The smallest absolute Gasteiger partial charge is 0.311 e. The molecule has 0 aliphatic carbocycles. The molecular weight excluding hydrogens is 348 g/mol. The Morgan fingerprint density at radius 2 is 1.67 bits per heavy atom. The lowest BCUT2D eigenvalue weighted by Crippen LogP contribution is -2.31. The van der Waals surface area contributed by atoms with E-state index < -0.39 is 5.97 Å². The molecule has 0 aromatic heterocycles. The molecule has 2 aromatic carbocycles. The topological polar surface area (TPSA) is 92.8 Å². The molecule has 1 heterocycles. The van der Waals surface area contributed by atoms with Gasteiger partial charge in [-0.25, -0.2) is 0 Å². The number of rotatable bonds is 6. The number of amides is 3. The number of hydrogen-bond donors (Lipinski definition) is 1. The number of benzene rings is 2. The number of carbonyl (C=O) groups excluding carboxylic acids is 4. The molecule has 0 saturated heterocycles. The third-order valence-electron chi connectivity index (χ3n) is 4.03. The van der Waals surface area contributed by atoms with Crippen LogP contribution in [0.4, 0.5) is 5.69 Å². The second-order valence-electron chi connectivity index (χ2n) is 6.09. The summed E-state index contributed by atoms with van der Waals surface area (Å²) in [7, 11) is 0. The summed E-state index contributed by atoms with van der Waals surface area (Å²) in [6.07, 6.45) is 0.355. The normalized spacial score (nSPS) is 12.7. The zero-order valence-corrected chi connectivity index (χ0v) is 14.7. The number of nitrogens with zero attached hydrogens (tertiary/aromatic N) is 1. The molecule has 3 rings (SSSR count). The fourth-order valence-electron chi connectivity index (χ4n) is 2.85. The van der Waals surface area contributed by atoms with E-state index in [9.17, 15) is 19.2 Å². The van der Waals surface area contributed by atoms with Crippen molar-refractivity contribution < 1.29 is 23.9 Å². The highest BCUT2D eigenvalue weighted by atomic mass is 16.5. The van der Waals surface area contributed by atoms with Gasteiger partial charge in [-0.05, 0) is 30.7 Å². The van der Waals surface area contributed by atoms with Gasteiger partial charge >= 0.3 is 5.97 Å². The number of nitrogens with one attached hydrogen (secondary N) is 1. The number of esters is 1. The number of anilines is 1. The molecule has 27 heavy (non-hydrogen) atoms. The molecule has 1 aliphatic rings. The Morgan fingerprint density at radius 1 is 1.00 bits per heavy atom. The standard InChI is InChI=1S/C20H18N2O5/c1-13(23)21-14-6-4-7-15(12-14)27-18(24)10-5-11-22-19(25)16-8-2-3-9-17(16)20(22)26/h2-4,6-9,12H,5,10-11H2,1H3,(H,21,23). The number of fused-ring (bicyclic) bond motifs is 1. The van der Waals surface area contributed by atoms with Gasteiger partial charge in [0, 0.05) is 31.6 Å². The Bertz CT molecular complexity index is 887. The third kappa shape index (κ3) is 4.20. The van der Waals surface area contributed by atoms with E-state index in [4.69, 9.17) is 4.74 Å². The van der Waals surface area contributed by atoms with Crippen LogP contribution >= 0.6 is 0 Å². The Labute approximate surface area is 155 Å². The van der Waals surface area contributed by atoms with Gasteiger partial charge in [-0.3, -0.25) is 24.1 Å². The average Bonchev–Trinajstić information content (AvgIpc) is 2.87. The number of hydrogen-bond acceptors (Lipinski definition) is 5. The van der Waals surface area contributed by atoms with Crippen LogP contribution in [0.3, 0.4) is 0 Å². The molecule has 3 amide bonds. The summed E-state index contributed by atoms with van der Waals surface area (Å²) in [6.45, 7) is 1.53. The number of carbonyl (C=O) groups is 4. The Hall–Kier alpha value is -3.48. The molecule has 0 atom stereocenters. The summed E-state index contributed by atoms with van der Waals surface area (Å²) in [6, 6.07) is 13.1. The lowest BCUT2D eigenvalue weighted by molar-refractivity contribution is -0.134. The van der Waals surface area contributed by atoms with Crippen LogP contribution in [0.15, 0.2) is 48.5 Å². The van der Waals surface area contributed by atoms with Crippen LogP contribution in [0.5, 0.6) is 5.75 Å². The first-order chi connectivity index (χ1) is 13.0. The van der Waals surface area contributed by atoms with Crippen LogP contribution in [0, 0.1) is 0 Å². The van der Waals surface area contributed by atoms with E-state index in [0.717, 1.165) is 4.90 Å². The summed E-state index contributed by atoms with van der Waals surface area (Å²) < 4.78 is 5.24. The van der Waals surface area contributed by atoms with Gasteiger partial charge in [-0.1, -0.05) is 18.2 Å². The Morgan fingerprint density at radius 3 is 2.30 bits per heavy atom. The maximum atomic E-state index is 12.3. The van der Waals surface area contributed by atoms with Crippen LogP contribution in [-0.2, 0) is 9.59 Å². The monoisotopic (exact) mass is 366 g/mol. The minimum atomic E-state index is -0.480. The van der Waals surface area contributed by atoms with E-state index in [2.05, 4.69) is 5.32 Å². The van der Waals surface area contributed by atoms with E-state index >= 15 is 0 Å². The van der Waals surface area contributed by atoms with Crippen molar-refractivity contribution in [2.45, 2.75) is 19.8 Å². The van der Waals surface area contributed by atoms with Crippen LogP contribution in [0.25, 0.3) is 0 Å². The molecule has 2 aromatic rings. The van der Waals surface area contributed by atoms with Crippen molar-refractivity contribution in [1.29, 1.82) is 0 Å². The second kappa shape index (κ2) is 7.82. The van der Waals surface area contributed by atoms with Crippen LogP contribution < -0.4 is 10.1 Å². The highest BCUT2D eigenvalue weighted by molar-refractivity contribution is 6.21. The first-order valence-corrected chi connectivity index (χ1v) is 8.49. The summed E-state index contributed by atoms with van der Waals surface area (Å²) in [5, 5.41) is 2.61. The molecule has 0 saturated carbocycles. The fourth-order valence-corrected chi connectivity index (χ4v) is 2.85. The van der Waals surface area contributed by atoms with Gasteiger partial charge < -0.3 is 10.1 Å². The molecule has 7 nitrogen and oxygen atoms in total. The number of ether oxygens (including phenoxy) is 1. The molecule has 0 spiro atoms. The molecule has 0 bridgehead atoms. The quantitative estimate of drug-likeness (QED) is 0.482. The number of imide groups is 1. The largest absolute Gasteiger partial charge is 0.426 e. The Balaban J connectivity index is 1.51. The summed E-state index contributed by atoms with van der Waals surface area (Å²) >= 11 is 0. The van der Waals surface area contributed by atoms with Gasteiger partial charge in [-0.2, -0.15) is 0 Å². The van der Waals surface area contributed by atoms with E-state index in [1.165, 1.54) is 6.92 Å². The first kappa shape index (κ1) is 18.3. The van der Waals surface area contributed by atoms with E-state index in [0.29, 0.717) is 29.0 Å². The van der Waals surface area contributed by atoms with Gasteiger partial charge in [0.15, 0.2) is 0 Å². The van der Waals surface area contributed by atoms with E-state index in [1.54, 1.807) is 48.5 Å². The van der Waals surface area contributed by atoms with Crippen molar-refractivity contribution in [3.05, 3.63) is 59.7 Å². The van der Waals surface area contributed by atoms with Crippen LogP contribution in [0.2, 0.25) is 0 Å². The predicted molar refractivity (Wildman–Crippen MR) is 97.4 cm³/mol. The van der Waals surface area contributed by atoms with Crippen molar-refractivity contribution in [3.8, 4) is 5.75 Å². The minimum Gasteiger partial charge on any atom is -0.426 e. The molecule has 0 fully saturated rings. The van der Waals surface area contributed by atoms with Gasteiger partial charge in [0.25, 0.3) is 11.8 Å². The molecule has 1 aliphatic heterocycles. The fraction of sp³-hybridized carbons (Fsp3) is 0.200. The summed E-state index contributed by atoms with van der Waals surface area (Å²) in [4.78, 5) is 48.7. The van der Waals surface area contributed by atoms with Crippen molar-refractivity contribution in [2.75, 3.05) is 11.9 Å². The molecule has 0 unspecified atom stereocenters.